The average molecular weight is 415 g/mol. The summed E-state index contributed by atoms with van der Waals surface area (Å²) in [5, 5.41) is 8.86. The van der Waals surface area contributed by atoms with E-state index in [1.165, 1.54) is 0 Å². The number of pyridine rings is 1. The van der Waals surface area contributed by atoms with Crippen LogP contribution >= 0.6 is 0 Å². The third kappa shape index (κ3) is 3.80. The molecule has 2 aliphatic heterocycles. The number of hydrogen-bond donors (Lipinski definition) is 3. The van der Waals surface area contributed by atoms with Crippen molar-refractivity contribution in [3.8, 4) is 11.1 Å². The maximum absolute atomic E-state index is 12.6. The number of carbonyl (C=O) groups excluding carboxylic acids is 2. The summed E-state index contributed by atoms with van der Waals surface area (Å²) in [4.78, 5) is 31.6. The number of carbonyl (C=O) groups is 2. The predicted molar refractivity (Wildman–Crippen MR) is 118 cm³/mol. The molecule has 2 amide bonds. The molecule has 4 heterocycles. The molecule has 0 saturated carbocycles. The van der Waals surface area contributed by atoms with E-state index in [0.29, 0.717) is 16.7 Å². The molecule has 1 saturated heterocycles. The van der Waals surface area contributed by atoms with E-state index in [9.17, 15) is 9.59 Å². The highest BCUT2D eigenvalue weighted by molar-refractivity contribution is 6.31. The summed E-state index contributed by atoms with van der Waals surface area (Å²) in [6, 6.07) is 11.1. The normalized spacial score (nSPS) is 17.4. The second-order valence-corrected chi connectivity index (χ2v) is 7.40. The number of aromatic nitrogens is 1. The summed E-state index contributed by atoms with van der Waals surface area (Å²) in [6.45, 7) is 3.74. The van der Waals surface area contributed by atoms with Crippen molar-refractivity contribution in [1.29, 1.82) is 0 Å². The number of amides is 2. The van der Waals surface area contributed by atoms with Gasteiger partial charge in [0.2, 0.25) is 0 Å². The van der Waals surface area contributed by atoms with Gasteiger partial charge in [-0.05, 0) is 35.9 Å². The lowest BCUT2D eigenvalue weighted by Crippen LogP contribution is -2.43. The molecular weight excluding hydrogens is 394 g/mol. The molecule has 3 aromatic rings. The minimum absolute atomic E-state index is 0.381. The van der Waals surface area contributed by atoms with E-state index in [4.69, 9.17) is 4.42 Å². The first-order valence-electron chi connectivity index (χ1n) is 10.1. The van der Waals surface area contributed by atoms with Gasteiger partial charge in [0, 0.05) is 49.1 Å². The summed E-state index contributed by atoms with van der Waals surface area (Å²) in [5.41, 5.74) is 3.90. The maximum atomic E-state index is 12.6. The smallest absolute Gasteiger partial charge is 0.260 e. The van der Waals surface area contributed by atoms with Gasteiger partial charge in [0.15, 0.2) is 0 Å². The van der Waals surface area contributed by atoms with Crippen LogP contribution < -0.4 is 20.9 Å². The van der Waals surface area contributed by atoms with E-state index in [1.54, 1.807) is 31.0 Å². The number of piperazine rings is 1. The molecule has 8 nitrogen and oxygen atoms in total. The number of anilines is 2. The first-order valence-corrected chi connectivity index (χ1v) is 10.1. The van der Waals surface area contributed by atoms with Gasteiger partial charge >= 0.3 is 0 Å². The lowest BCUT2D eigenvalue weighted by Gasteiger charge is -2.28. The van der Waals surface area contributed by atoms with Crippen molar-refractivity contribution in [2.75, 3.05) is 36.4 Å². The van der Waals surface area contributed by atoms with Gasteiger partial charge in [0.25, 0.3) is 11.8 Å². The SMILES string of the molecule is O=C1NC(=O)c2ccc(-c3ccoc3)cc2/C1=C/Nc1ccc(N2CCNCC2)nc1. The Morgan fingerprint density at radius 3 is 2.61 bits per heavy atom. The standard InChI is InChI=1S/C23H21N5O3/c29-22-18-3-1-15(16-5-10-31-14-16)11-19(18)20(23(30)27-22)13-25-17-2-4-21(26-12-17)28-8-6-24-7-9-28/h1-5,10-14,24-25H,6-9H2,(H,27,29,30)/b20-13-. The van der Waals surface area contributed by atoms with Crippen LogP contribution in [0.2, 0.25) is 0 Å². The molecule has 0 bridgehead atoms. The Kier molecular flexibility index (Phi) is 4.97. The zero-order valence-electron chi connectivity index (χ0n) is 16.7. The maximum Gasteiger partial charge on any atom is 0.260 e. The number of nitrogens with zero attached hydrogens (tertiary/aromatic N) is 2. The zero-order valence-corrected chi connectivity index (χ0v) is 16.7. The van der Waals surface area contributed by atoms with Crippen LogP contribution in [0, 0.1) is 0 Å². The minimum Gasteiger partial charge on any atom is -0.472 e. The van der Waals surface area contributed by atoms with Gasteiger partial charge in [-0.2, -0.15) is 0 Å². The molecule has 0 atom stereocenters. The Balaban J connectivity index is 1.42. The summed E-state index contributed by atoms with van der Waals surface area (Å²) in [6.07, 6.45) is 6.56. The lowest BCUT2D eigenvalue weighted by atomic mass is 9.92. The summed E-state index contributed by atoms with van der Waals surface area (Å²) < 4.78 is 5.15. The van der Waals surface area contributed by atoms with E-state index in [1.807, 2.05) is 30.3 Å². The fraction of sp³-hybridized carbons (Fsp3) is 0.174. The summed E-state index contributed by atoms with van der Waals surface area (Å²) in [7, 11) is 0. The largest absolute Gasteiger partial charge is 0.472 e. The van der Waals surface area contributed by atoms with Crippen LogP contribution in [0.5, 0.6) is 0 Å². The van der Waals surface area contributed by atoms with E-state index in [2.05, 4.69) is 25.8 Å². The van der Waals surface area contributed by atoms with Crippen LogP contribution in [-0.2, 0) is 4.79 Å². The highest BCUT2D eigenvalue weighted by Gasteiger charge is 2.27. The van der Waals surface area contributed by atoms with Crippen LogP contribution in [0.3, 0.4) is 0 Å². The lowest BCUT2D eigenvalue weighted by molar-refractivity contribution is -0.114. The van der Waals surface area contributed by atoms with Crippen LogP contribution in [0.1, 0.15) is 15.9 Å². The molecular formula is C23H21N5O3. The second-order valence-electron chi connectivity index (χ2n) is 7.40. The monoisotopic (exact) mass is 415 g/mol. The Morgan fingerprint density at radius 1 is 1.00 bits per heavy atom. The molecule has 2 aromatic heterocycles. The molecule has 3 N–H and O–H groups in total. The minimum atomic E-state index is -0.445. The fourth-order valence-corrected chi connectivity index (χ4v) is 3.78. The van der Waals surface area contributed by atoms with Crippen LogP contribution in [-0.4, -0.2) is 43.0 Å². The number of furan rings is 1. The van der Waals surface area contributed by atoms with Gasteiger partial charge in [-0.3, -0.25) is 14.9 Å². The molecule has 31 heavy (non-hydrogen) atoms. The topological polar surface area (TPSA) is 99.5 Å². The van der Waals surface area contributed by atoms with Crippen molar-refractivity contribution >= 4 is 28.9 Å². The highest BCUT2D eigenvalue weighted by Crippen LogP contribution is 2.30. The van der Waals surface area contributed by atoms with Gasteiger partial charge in [-0.1, -0.05) is 6.07 Å². The Hall–Kier alpha value is -3.91. The van der Waals surface area contributed by atoms with Crippen molar-refractivity contribution in [2.45, 2.75) is 0 Å². The van der Waals surface area contributed by atoms with Crippen LogP contribution in [0.15, 0.2) is 65.7 Å². The molecule has 1 fully saturated rings. The molecule has 0 unspecified atom stereocenters. The van der Waals surface area contributed by atoms with Gasteiger partial charge in [-0.25, -0.2) is 4.98 Å². The summed E-state index contributed by atoms with van der Waals surface area (Å²) in [5.74, 6) is 0.0773. The van der Waals surface area contributed by atoms with Crippen molar-refractivity contribution in [2.24, 2.45) is 0 Å². The van der Waals surface area contributed by atoms with Gasteiger partial charge < -0.3 is 20.0 Å². The van der Waals surface area contributed by atoms with Crippen LogP contribution in [0.4, 0.5) is 11.5 Å². The number of hydrogen-bond acceptors (Lipinski definition) is 7. The molecule has 5 rings (SSSR count). The highest BCUT2D eigenvalue weighted by atomic mass is 16.3. The third-order valence-corrected chi connectivity index (χ3v) is 5.45. The third-order valence-electron chi connectivity index (χ3n) is 5.45. The molecule has 0 spiro atoms. The molecule has 1 aromatic carbocycles. The van der Waals surface area contributed by atoms with Gasteiger partial charge in [0.05, 0.1) is 30.0 Å². The first kappa shape index (κ1) is 19.1. The van der Waals surface area contributed by atoms with E-state index in [-0.39, 0.29) is 0 Å². The molecule has 156 valence electrons. The molecule has 8 heteroatoms. The second kappa shape index (κ2) is 8.08. The van der Waals surface area contributed by atoms with E-state index in [0.717, 1.165) is 48.8 Å². The average Bonchev–Trinajstić information content (AvgIpc) is 3.35. The first-order chi connectivity index (χ1) is 15.2. The number of benzene rings is 1. The predicted octanol–water partition coefficient (Wildman–Crippen LogP) is 2.47. The zero-order chi connectivity index (χ0) is 21.2. The van der Waals surface area contributed by atoms with Crippen molar-refractivity contribution in [3.63, 3.8) is 0 Å². The Bertz CT molecular complexity index is 1150. The van der Waals surface area contributed by atoms with Crippen molar-refractivity contribution < 1.29 is 14.0 Å². The summed E-state index contributed by atoms with van der Waals surface area (Å²) >= 11 is 0. The number of fused-ring (bicyclic) bond motifs is 1. The Morgan fingerprint density at radius 2 is 1.87 bits per heavy atom. The van der Waals surface area contributed by atoms with E-state index >= 15 is 0 Å². The number of rotatable bonds is 4. The number of imide groups is 1. The Labute approximate surface area is 179 Å². The quantitative estimate of drug-likeness (QED) is 0.445. The van der Waals surface area contributed by atoms with Gasteiger partial charge in [-0.15, -0.1) is 0 Å². The van der Waals surface area contributed by atoms with Crippen molar-refractivity contribution in [3.05, 3.63) is 72.4 Å². The molecule has 0 radical (unpaired) electrons. The number of nitrogens with one attached hydrogen (secondary N) is 3. The van der Waals surface area contributed by atoms with Gasteiger partial charge in [0.1, 0.15) is 5.82 Å². The molecule has 2 aliphatic rings. The fourth-order valence-electron chi connectivity index (χ4n) is 3.78. The molecule has 0 aliphatic carbocycles. The van der Waals surface area contributed by atoms with E-state index < -0.39 is 11.8 Å². The van der Waals surface area contributed by atoms with Crippen LogP contribution in [0.25, 0.3) is 16.7 Å². The van der Waals surface area contributed by atoms with Crippen molar-refractivity contribution in [1.82, 2.24) is 15.6 Å².